The molecule has 3 nitrogen and oxygen atoms in total. The largest absolute Gasteiger partial charge is 0.374 e. The second kappa shape index (κ2) is 8.04. The molecule has 0 heterocycles. The lowest BCUT2D eigenvalue weighted by Gasteiger charge is -2.42. The summed E-state index contributed by atoms with van der Waals surface area (Å²) in [7, 11) is 0. The highest BCUT2D eigenvalue weighted by Gasteiger charge is 2.38. The summed E-state index contributed by atoms with van der Waals surface area (Å²) in [6, 6.07) is 0.238. The molecule has 0 saturated carbocycles. The third kappa shape index (κ3) is 3.72. The van der Waals surface area contributed by atoms with Gasteiger partial charge in [0.15, 0.2) is 0 Å². The molecule has 0 aromatic rings. The molecule has 0 bridgehead atoms. The van der Waals surface area contributed by atoms with Crippen LogP contribution in [0, 0.1) is 5.92 Å². The van der Waals surface area contributed by atoms with E-state index in [4.69, 9.17) is 10.6 Å². The first-order chi connectivity index (χ1) is 7.61. The van der Waals surface area contributed by atoms with Crippen molar-refractivity contribution in [2.45, 2.75) is 71.9 Å². The maximum Gasteiger partial charge on any atom is 0.0845 e. The van der Waals surface area contributed by atoms with Gasteiger partial charge < -0.3 is 4.74 Å². The number of nitrogens with one attached hydrogen (secondary N) is 1. The fraction of sp³-hybridized carbons (Fsp3) is 1.00. The van der Waals surface area contributed by atoms with Crippen LogP contribution in [0.1, 0.15) is 60.3 Å². The molecular formula is C13H30N2O. The summed E-state index contributed by atoms with van der Waals surface area (Å²) in [4.78, 5) is 0. The van der Waals surface area contributed by atoms with Crippen molar-refractivity contribution in [1.82, 2.24) is 5.43 Å². The molecule has 98 valence electrons. The highest BCUT2D eigenvalue weighted by atomic mass is 16.5. The summed E-state index contributed by atoms with van der Waals surface area (Å²) in [5.41, 5.74) is 2.88. The Kier molecular flexibility index (Phi) is 7.98. The summed E-state index contributed by atoms with van der Waals surface area (Å²) in [6.07, 6.45) is 4.37. The fourth-order valence-electron chi connectivity index (χ4n) is 2.73. The van der Waals surface area contributed by atoms with Crippen molar-refractivity contribution < 1.29 is 4.74 Å². The lowest BCUT2D eigenvalue weighted by Crippen LogP contribution is -2.57. The van der Waals surface area contributed by atoms with Crippen LogP contribution in [0.25, 0.3) is 0 Å². The van der Waals surface area contributed by atoms with Crippen LogP contribution in [-0.4, -0.2) is 18.2 Å². The molecule has 0 rings (SSSR count). The van der Waals surface area contributed by atoms with E-state index in [9.17, 15) is 0 Å². The molecule has 0 aliphatic rings. The molecule has 16 heavy (non-hydrogen) atoms. The first-order valence-corrected chi connectivity index (χ1v) is 6.71. The van der Waals surface area contributed by atoms with Crippen molar-refractivity contribution in [3.05, 3.63) is 0 Å². The number of hydrogen-bond donors (Lipinski definition) is 2. The van der Waals surface area contributed by atoms with Crippen LogP contribution < -0.4 is 11.3 Å². The Balaban J connectivity index is 4.81. The van der Waals surface area contributed by atoms with Gasteiger partial charge in [-0.3, -0.25) is 11.3 Å². The molecule has 3 heteroatoms. The number of hydrogen-bond acceptors (Lipinski definition) is 3. The van der Waals surface area contributed by atoms with Crippen molar-refractivity contribution in [2.75, 3.05) is 6.61 Å². The van der Waals surface area contributed by atoms with Gasteiger partial charge in [-0.2, -0.15) is 0 Å². The van der Waals surface area contributed by atoms with Gasteiger partial charge in [0.2, 0.25) is 0 Å². The monoisotopic (exact) mass is 230 g/mol. The summed E-state index contributed by atoms with van der Waals surface area (Å²) in [5, 5.41) is 0. The molecular weight excluding hydrogens is 200 g/mol. The average molecular weight is 230 g/mol. The van der Waals surface area contributed by atoms with Gasteiger partial charge in [0, 0.05) is 6.61 Å². The van der Waals surface area contributed by atoms with Crippen LogP contribution >= 0.6 is 0 Å². The lowest BCUT2D eigenvalue weighted by atomic mass is 9.80. The van der Waals surface area contributed by atoms with Crippen molar-refractivity contribution >= 4 is 0 Å². The van der Waals surface area contributed by atoms with Crippen molar-refractivity contribution in [3.63, 3.8) is 0 Å². The molecule has 0 radical (unpaired) electrons. The predicted molar refractivity (Wildman–Crippen MR) is 70.1 cm³/mol. The Morgan fingerprint density at radius 2 is 1.75 bits per heavy atom. The van der Waals surface area contributed by atoms with Gasteiger partial charge in [-0.05, 0) is 32.1 Å². The van der Waals surface area contributed by atoms with Crippen LogP contribution in [0.4, 0.5) is 0 Å². The van der Waals surface area contributed by atoms with Crippen LogP contribution in [0.15, 0.2) is 0 Å². The van der Waals surface area contributed by atoms with E-state index in [0.717, 1.165) is 19.4 Å². The molecule has 0 aliphatic carbocycles. The molecule has 0 saturated heterocycles. The molecule has 2 atom stereocenters. The molecule has 0 spiro atoms. The van der Waals surface area contributed by atoms with Crippen LogP contribution in [0.3, 0.4) is 0 Å². The second-order valence-corrected chi connectivity index (χ2v) is 4.62. The van der Waals surface area contributed by atoms with Gasteiger partial charge in [0.05, 0.1) is 11.6 Å². The van der Waals surface area contributed by atoms with Gasteiger partial charge in [0.1, 0.15) is 0 Å². The normalized spacial score (nSPS) is 16.1. The SMILES string of the molecule is CCCC(C)C(NN)C(CC)(CC)OCC. The van der Waals surface area contributed by atoms with Gasteiger partial charge >= 0.3 is 0 Å². The van der Waals surface area contributed by atoms with E-state index in [1.807, 2.05) is 0 Å². The number of rotatable bonds is 9. The number of nitrogens with two attached hydrogens (primary N) is 1. The van der Waals surface area contributed by atoms with Crippen LogP contribution in [0.2, 0.25) is 0 Å². The van der Waals surface area contributed by atoms with E-state index in [-0.39, 0.29) is 11.6 Å². The summed E-state index contributed by atoms with van der Waals surface area (Å²) in [5.74, 6) is 6.28. The molecule has 0 aromatic heterocycles. The summed E-state index contributed by atoms with van der Waals surface area (Å²) < 4.78 is 6.01. The highest BCUT2D eigenvalue weighted by molar-refractivity contribution is 4.93. The Bertz CT molecular complexity index is 169. The second-order valence-electron chi connectivity index (χ2n) is 4.62. The predicted octanol–water partition coefficient (Wildman–Crippen LogP) is 2.85. The minimum atomic E-state index is -0.113. The first kappa shape index (κ1) is 15.9. The van der Waals surface area contributed by atoms with Crippen molar-refractivity contribution in [3.8, 4) is 0 Å². The number of ether oxygens (including phenoxy) is 1. The summed E-state index contributed by atoms with van der Waals surface area (Å²) in [6.45, 7) is 11.6. The zero-order chi connectivity index (χ0) is 12.6. The third-order valence-electron chi connectivity index (χ3n) is 3.69. The fourth-order valence-corrected chi connectivity index (χ4v) is 2.73. The molecule has 2 unspecified atom stereocenters. The van der Waals surface area contributed by atoms with E-state index in [0.29, 0.717) is 5.92 Å². The van der Waals surface area contributed by atoms with E-state index in [1.54, 1.807) is 0 Å². The highest BCUT2D eigenvalue weighted by Crippen LogP contribution is 2.30. The molecule has 0 aromatic carbocycles. The van der Waals surface area contributed by atoms with Gasteiger partial charge in [-0.25, -0.2) is 0 Å². The van der Waals surface area contributed by atoms with Gasteiger partial charge in [-0.1, -0.05) is 34.1 Å². The standard InChI is InChI=1S/C13H30N2O/c1-6-10-11(5)12(15-14)13(7-2,8-3)16-9-4/h11-12,15H,6-10,14H2,1-5H3. The van der Waals surface area contributed by atoms with E-state index in [2.05, 4.69) is 40.0 Å². The summed E-state index contributed by atoms with van der Waals surface area (Å²) >= 11 is 0. The van der Waals surface area contributed by atoms with Crippen LogP contribution in [0.5, 0.6) is 0 Å². The average Bonchev–Trinajstić information content (AvgIpc) is 2.29. The van der Waals surface area contributed by atoms with E-state index >= 15 is 0 Å². The van der Waals surface area contributed by atoms with E-state index in [1.165, 1.54) is 12.8 Å². The maximum absolute atomic E-state index is 6.01. The maximum atomic E-state index is 6.01. The molecule has 0 aliphatic heterocycles. The quantitative estimate of drug-likeness (QED) is 0.473. The Labute approximate surface area is 101 Å². The topological polar surface area (TPSA) is 47.3 Å². The Morgan fingerprint density at radius 1 is 1.19 bits per heavy atom. The zero-order valence-corrected chi connectivity index (χ0v) is 11.7. The van der Waals surface area contributed by atoms with E-state index < -0.39 is 0 Å². The first-order valence-electron chi connectivity index (χ1n) is 6.71. The molecule has 0 fully saturated rings. The van der Waals surface area contributed by atoms with Crippen molar-refractivity contribution in [2.24, 2.45) is 11.8 Å². The van der Waals surface area contributed by atoms with Crippen LogP contribution in [-0.2, 0) is 4.74 Å². The third-order valence-corrected chi connectivity index (χ3v) is 3.69. The Morgan fingerprint density at radius 3 is 2.06 bits per heavy atom. The lowest BCUT2D eigenvalue weighted by molar-refractivity contribution is -0.0847. The van der Waals surface area contributed by atoms with Gasteiger partial charge in [-0.15, -0.1) is 0 Å². The van der Waals surface area contributed by atoms with Crippen molar-refractivity contribution in [1.29, 1.82) is 0 Å². The zero-order valence-electron chi connectivity index (χ0n) is 11.7. The molecule has 3 N–H and O–H groups in total. The Hall–Kier alpha value is -0.120. The minimum absolute atomic E-state index is 0.113. The van der Waals surface area contributed by atoms with Gasteiger partial charge in [0.25, 0.3) is 0 Å². The molecule has 0 amide bonds. The number of hydrazine groups is 1. The smallest absolute Gasteiger partial charge is 0.0845 e. The minimum Gasteiger partial charge on any atom is -0.374 e.